The molecule has 3 nitrogen and oxygen atoms in total. The molecule has 0 aliphatic heterocycles. The Bertz CT molecular complexity index is 618. The summed E-state index contributed by atoms with van der Waals surface area (Å²) in [7, 11) is -2.12. The first-order valence-corrected chi connectivity index (χ1v) is 8.56. The number of rotatable bonds is 5. The van der Waals surface area contributed by atoms with Gasteiger partial charge in [0.05, 0.1) is 4.90 Å². The average Bonchev–Trinajstić information content (AvgIpc) is 3.07. The zero-order valence-corrected chi connectivity index (χ0v) is 13.4. The number of nitrogens with zero attached hydrogens (tertiary/aromatic N) is 1. The zero-order chi connectivity index (χ0) is 15.1. The predicted octanol–water partition coefficient (Wildman–Crippen LogP) is 3.15. The van der Waals surface area contributed by atoms with Crippen LogP contribution in [0.3, 0.4) is 0 Å². The van der Waals surface area contributed by atoms with Crippen LogP contribution in [0.15, 0.2) is 17.0 Å². The lowest BCUT2D eigenvalue weighted by Gasteiger charge is -2.19. The minimum Gasteiger partial charge on any atom is -0.207 e. The number of alkyl halides is 1. The maximum Gasteiger partial charge on any atom is 0.243 e. The molecule has 1 aromatic carbocycles. The van der Waals surface area contributed by atoms with Gasteiger partial charge in [-0.15, -0.1) is 11.6 Å². The maximum absolute atomic E-state index is 13.8. The second-order valence-corrected chi connectivity index (χ2v) is 7.87. The van der Waals surface area contributed by atoms with Crippen LogP contribution in [0.25, 0.3) is 0 Å². The van der Waals surface area contributed by atoms with Crippen molar-refractivity contribution < 1.29 is 12.8 Å². The highest BCUT2D eigenvalue weighted by Gasteiger charge is 2.36. The minimum absolute atomic E-state index is 0.0175. The molecule has 0 radical (unpaired) electrons. The van der Waals surface area contributed by atoms with E-state index in [9.17, 15) is 12.8 Å². The van der Waals surface area contributed by atoms with Crippen molar-refractivity contribution in [2.45, 2.75) is 31.0 Å². The van der Waals surface area contributed by atoms with E-state index in [1.54, 1.807) is 7.05 Å². The van der Waals surface area contributed by atoms with E-state index in [-0.39, 0.29) is 16.3 Å². The Labute approximate surface area is 124 Å². The molecule has 0 bridgehead atoms. The monoisotopic (exact) mass is 319 g/mol. The van der Waals surface area contributed by atoms with E-state index in [0.717, 1.165) is 6.42 Å². The molecule has 112 valence electrons. The normalized spacial score (nSPS) is 22.3. The van der Waals surface area contributed by atoms with E-state index < -0.39 is 15.8 Å². The van der Waals surface area contributed by atoms with Gasteiger partial charge in [0.15, 0.2) is 0 Å². The molecule has 2 rings (SSSR count). The van der Waals surface area contributed by atoms with Crippen molar-refractivity contribution in [3.8, 4) is 0 Å². The van der Waals surface area contributed by atoms with Crippen molar-refractivity contribution >= 4 is 21.6 Å². The molecular formula is C14H19ClFNO2S. The zero-order valence-electron chi connectivity index (χ0n) is 11.9. The molecule has 0 aromatic heterocycles. The van der Waals surface area contributed by atoms with Crippen molar-refractivity contribution in [1.29, 1.82) is 0 Å². The molecule has 2 unspecified atom stereocenters. The summed E-state index contributed by atoms with van der Waals surface area (Å²) in [6.07, 6.45) is 1.05. The highest BCUT2D eigenvalue weighted by Crippen LogP contribution is 2.39. The molecule has 0 heterocycles. The number of halogens is 2. The average molecular weight is 320 g/mol. The van der Waals surface area contributed by atoms with Crippen LogP contribution in [-0.4, -0.2) is 26.3 Å². The van der Waals surface area contributed by atoms with E-state index in [1.807, 2.05) is 0 Å². The van der Waals surface area contributed by atoms with Gasteiger partial charge in [-0.25, -0.2) is 17.1 Å². The van der Waals surface area contributed by atoms with E-state index >= 15 is 0 Å². The quantitative estimate of drug-likeness (QED) is 0.782. The lowest BCUT2D eigenvalue weighted by atomic mass is 10.1. The molecule has 0 amide bonds. The van der Waals surface area contributed by atoms with Crippen molar-refractivity contribution in [2.75, 3.05) is 13.6 Å². The number of benzene rings is 1. The molecule has 1 aromatic rings. The van der Waals surface area contributed by atoms with E-state index in [0.29, 0.717) is 23.9 Å². The summed E-state index contributed by atoms with van der Waals surface area (Å²) in [6.45, 7) is 4.06. The minimum atomic E-state index is -3.67. The Hall–Kier alpha value is -0.650. The van der Waals surface area contributed by atoms with Crippen LogP contribution in [0.1, 0.15) is 24.5 Å². The lowest BCUT2D eigenvalue weighted by molar-refractivity contribution is 0.443. The van der Waals surface area contributed by atoms with Gasteiger partial charge in [-0.3, -0.25) is 0 Å². The molecule has 1 aliphatic rings. The fourth-order valence-corrected chi connectivity index (χ4v) is 3.96. The third-order valence-corrected chi connectivity index (χ3v) is 6.22. The molecule has 0 spiro atoms. The third kappa shape index (κ3) is 3.00. The molecule has 1 aliphatic carbocycles. The van der Waals surface area contributed by atoms with Gasteiger partial charge in [-0.05, 0) is 42.9 Å². The summed E-state index contributed by atoms with van der Waals surface area (Å²) >= 11 is 5.69. The van der Waals surface area contributed by atoms with Crippen LogP contribution in [0.5, 0.6) is 0 Å². The number of sulfonamides is 1. The Morgan fingerprint density at radius 2 is 2.05 bits per heavy atom. The van der Waals surface area contributed by atoms with Gasteiger partial charge in [-0.2, -0.15) is 0 Å². The standard InChI is InChI=1S/C14H19ClFNO2S/c1-9-4-12(9)8-17(3)20(18,19)14-6-11(7-15)5-13(16)10(14)2/h5-6,9,12H,4,7-8H2,1-3H3. The van der Waals surface area contributed by atoms with Crippen molar-refractivity contribution in [3.63, 3.8) is 0 Å². The molecular weight excluding hydrogens is 301 g/mol. The summed E-state index contributed by atoms with van der Waals surface area (Å²) in [5.41, 5.74) is 0.621. The van der Waals surface area contributed by atoms with Crippen LogP contribution < -0.4 is 0 Å². The van der Waals surface area contributed by atoms with E-state index in [4.69, 9.17) is 11.6 Å². The summed E-state index contributed by atoms with van der Waals surface area (Å²) in [5.74, 6) is 0.536. The fourth-order valence-electron chi connectivity index (χ4n) is 2.30. The first kappa shape index (κ1) is 15.7. The summed E-state index contributed by atoms with van der Waals surface area (Å²) in [5, 5.41) is 0. The molecule has 2 atom stereocenters. The van der Waals surface area contributed by atoms with Crippen molar-refractivity contribution in [1.82, 2.24) is 4.31 Å². The highest BCUT2D eigenvalue weighted by molar-refractivity contribution is 7.89. The van der Waals surface area contributed by atoms with Gasteiger partial charge >= 0.3 is 0 Å². The first-order valence-electron chi connectivity index (χ1n) is 6.58. The Morgan fingerprint density at radius 3 is 2.55 bits per heavy atom. The smallest absolute Gasteiger partial charge is 0.207 e. The molecule has 0 N–H and O–H groups in total. The molecule has 1 saturated carbocycles. The SMILES string of the molecule is Cc1c(F)cc(CCl)cc1S(=O)(=O)N(C)CC1CC1C. The van der Waals surface area contributed by atoms with Crippen LogP contribution in [0.4, 0.5) is 4.39 Å². The topological polar surface area (TPSA) is 37.4 Å². The second kappa shape index (κ2) is 5.62. The van der Waals surface area contributed by atoms with Crippen LogP contribution in [0, 0.1) is 24.6 Å². The first-order chi connectivity index (χ1) is 9.27. The van der Waals surface area contributed by atoms with Crippen LogP contribution in [0.2, 0.25) is 0 Å². The van der Waals surface area contributed by atoms with Crippen LogP contribution >= 0.6 is 11.6 Å². The van der Waals surface area contributed by atoms with Gasteiger partial charge in [0.2, 0.25) is 10.0 Å². The molecule has 1 fully saturated rings. The predicted molar refractivity (Wildman–Crippen MR) is 77.8 cm³/mol. The third-order valence-electron chi connectivity index (χ3n) is 3.97. The Morgan fingerprint density at radius 1 is 1.45 bits per heavy atom. The van der Waals surface area contributed by atoms with E-state index in [2.05, 4.69) is 6.92 Å². The highest BCUT2D eigenvalue weighted by atomic mass is 35.5. The largest absolute Gasteiger partial charge is 0.243 e. The Balaban J connectivity index is 2.35. The lowest BCUT2D eigenvalue weighted by Crippen LogP contribution is -2.30. The summed E-state index contributed by atoms with van der Waals surface area (Å²) < 4.78 is 40.3. The maximum atomic E-state index is 13.8. The summed E-state index contributed by atoms with van der Waals surface area (Å²) in [6, 6.07) is 2.75. The van der Waals surface area contributed by atoms with E-state index in [1.165, 1.54) is 23.4 Å². The van der Waals surface area contributed by atoms with Crippen LogP contribution in [-0.2, 0) is 15.9 Å². The molecule has 0 saturated heterocycles. The van der Waals surface area contributed by atoms with Crippen molar-refractivity contribution in [3.05, 3.63) is 29.1 Å². The van der Waals surface area contributed by atoms with Gasteiger partial charge in [-0.1, -0.05) is 6.92 Å². The van der Waals surface area contributed by atoms with Gasteiger partial charge in [0.25, 0.3) is 0 Å². The van der Waals surface area contributed by atoms with Crippen molar-refractivity contribution in [2.24, 2.45) is 11.8 Å². The second-order valence-electron chi connectivity index (χ2n) is 5.59. The summed E-state index contributed by atoms with van der Waals surface area (Å²) in [4.78, 5) is 0.0175. The number of hydrogen-bond acceptors (Lipinski definition) is 2. The van der Waals surface area contributed by atoms with Gasteiger partial charge < -0.3 is 0 Å². The van der Waals surface area contributed by atoms with Gasteiger partial charge in [0, 0.05) is 25.0 Å². The molecule has 6 heteroatoms. The van der Waals surface area contributed by atoms with Gasteiger partial charge in [0.1, 0.15) is 5.82 Å². The molecule has 20 heavy (non-hydrogen) atoms. The fraction of sp³-hybridized carbons (Fsp3) is 0.571. The number of hydrogen-bond donors (Lipinski definition) is 0. The Kier molecular flexibility index (Phi) is 4.42.